The Balaban J connectivity index is 3.02. The summed E-state index contributed by atoms with van der Waals surface area (Å²) in [5, 5.41) is 2.73. The molecule has 1 rings (SSSR count). The molecule has 0 aliphatic heterocycles. The van der Waals surface area contributed by atoms with Crippen LogP contribution in [0.25, 0.3) is 0 Å². The second-order valence-electron chi connectivity index (χ2n) is 4.11. The summed E-state index contributed by atoms with van der Waals surface area (Å²) in [5.74, 6) is 0.612. The third kappa shape index (κ3) is 4.52. The molecule has 0 atom stereocenters. The van der Waals surface area contributed by atoms with E-state index in [0.717, 1.165) is 22.0 Å². The molecular weight excluding hydrogens is 294 g/mol. The van der Waals surface area contributed by atoms with Crippen molar-refractivity contribution >= 4 is 41.0 Å². The molecule has 6 heteroatoms. The van der Waals surface area contributed by atoms with Crippen LogP contribution in [-0.4, -0.2) is 35.5 Å². The Hall–Kier alpha value is -1.01. The Morgan fingerprint density at radius 1 is 1.20 bits per heavy atom. The zero-order valence-corrected chi connectivity index (χ0v) is 13.6. The van der Waals surface area contributed by atoms with Crippen molar-refractivity contribution in [3.8, 4) is 0 Å². The number of Topliss-reactive ketones (excluding diaryl/α,β-unsaturated/α-hetero) is 1. The minimum Gasteiger partial charge on any atom is -0.356 e. The average Bonchev–Trinajstić information content (AvgIpc) is 2.38. The highest BCUT2D eigenvalue weighted by Crippen LogP contribution is 2.36. The molecule has 1 N–H and O–H groups in total. The third-order valence-corrected chi connectivity index (χ3v) is 4.57. The van der Waals surface area contributed by atoms with Crippen molar-refractivity contribution in [2.75, 3.05) is 18.1 Å². The van der Waals surface area contributed by atoms with E-state index in [4.69, 9.17) is 0 Å². The number of amides is 1. The number of carbonyl (C=O) groups is 3. The molecule has 1 aliphatic carbocycles. The van der Waals surface area contributed by atoms with Crippen molar-refractivity contribution in [1.29, 1.82) is 0 Å². The highest BCUT2D eigenvalue weighted by Gasteiger charge is 2.28. The van der Waals surface area contributed by atoms with Crippen LogP contribution in [0.4, 0.5) is 0 Å². The van der Waals surface area contributed by atoms with Crippen LogP contribution in [0.3, 0.4) is 0 Å². The lowest BCUT2D eigenvalue weighted by atomic mass is 10.0. The maximum Gasteiger partial charge on any atom is 0.239 e. The molecular formula is C14H19NO3S2. The monoisotopic (exact) mass is 313 g/mol. The van der Waals surface area contributed by atoms with E-state index in [1.807, 2.05) is 13.8 Å². The summed E-state index contributed by atoms with van der Waals surface area (Å²) in [6.45, 7) is 5.89. The largest absolute Gasteiger partial charge is 0.356 e. The SMILES string of the molecule is CCSC1=CC(=O)C(=O)C(SCC)=C1CCNC(C)=O. The standard InChI is InChI=1S/C14H19NO3S2/c1-4-19-12-8-11(17)13(18)14(20-5-2)10(12)6-7-15-9(3)16/h8H,4-7H2,1-3H3,(H,15,16). The summed E-state index contributed by atoms with van der Waals surface area (Å²) in [6.07, 6.45) is 2.00. The van der Waals surface area contributed by atoms with Gasteiger partial charge in [0.05, 0.1) is 4.91 Å². The lowest BCUT2D eigenvalue weighted by molar-refractivity contribution is -0.131. The van der Waals surface area contributed by atoms with Gasteiger partial charge in [-0.2, -0.15) is 0 Å². The van der Waals surface area contributed by atoms with Gasteiger partial charge in [0.25, 0.3) is 0 Å². The molecule has 0 fully saturated rings. The molecule has 0 heterocycles. The van der Waals surface area contributed by atoms with Crippen molar-refractivity contribution in [2.24, 2.45) is 0 Å². The van der Waals surface area contributed by atoms with E-state index in [1.54, 1.807) is 11.8 Å². The summed E-state index contributed by atoms with van der Waals surface area (Å²) >= 11 is 2.96. The lowest BCUT2D eigenvalue weighted by Crippen LogP contribution is -2.24. The topological polar surface area (TPSA) is 63.2 Å². The Labute approximate surface area is 127 Å². The molecule has 0 spiro atoms. The van der Waals surface area contributed by atoms with E-state index in [9.17, 15) is 14.4 Å². The van der Waals surface area contributed by atoms with Crippen LogP contribution in [0, 0.1) is 0 Å². The summed E-state index contributed by atoms with van der Waals surface area (Å²) in [5.41, 5.74) is 0.891. The normalized spacial score (nSPS) is 15.4. The van der Waals surface area contributed by atoms with E-state index in [-0.39, 0.29) is 5.91 Å². The molecule has 1 amide bonds. The molecule has 20 heavy (non-hydrogen) atoms. The second kappa shape index (κ2) is 8.32. The van der Waals surface area contributed by atoms with Gasteiger partial charge >= 0.3 is 0 Å². The molecule has 0 unspecified atom stereocenters. The van der Waals surface area contributed by atoms with Gasteiger partial charge in [0.2, 0.25) is 17.5 Å². The molecule has 0 aromatic rings. The molecule has 0 bridgehead atoms. The van der Waals surface area contributed by atoms with E-state index in [2.05, 4.69) is 5.32 Å². The molecule has 0 aromatic carbocycles. The summed E-state index contributed by atoms with van der Waals surface area (Å²) < 4.78 is 0. The highest BCUT2D eigenvalue weighted by molar-refractivity contribution is 8.05. The maximum atomic E-state index is 12.0. The highest BCUT2D eigenvalue weighted by atomic mass is 32.2. The molecule has 1 aliphatic rings. The number of nitrogens with one attached hydrogen (secondary N) is 1. The van der Waals surface area contributed by atoms with E-state index in [0.29, 0.717) is 17.9 Å². The van der Waals surface area contributed by atoms with Crippen LogP contribution in [0.15, 0.2) is 21.5 Å². The molecule has 4 nitrogen and oxygen atoms in total. The number of allylic oxidation sites excluding steroid dienone is 3. The van der Waals surface area contributed by atoms with Gasteiger partial charge in [-0.1, -0.05) is 13.8 Å². The maximum absolute atomic E-state index is 12.0. The van der Waals surface area contributed by atoms with Gasteiger partial charge < -0.3 is 5.32 Å². The fourth-order valence-corrected chi connectivity index (χ4v) is 3.67. The number of rotatable bonds is 7. The smallest absolute Gasteiger partial charge is 0.239 e. The quantitative estimate of drug-likeness (QED) is 0.577. The van der Waals surface area contributed by atoms with Crippen LogP contribution in [0.2, 0.25) is 0 Å². The van der Waals surface area contributed by atoms with Crippen molar-refractivity contribution in [1.82, 2.24) is 5.32 Å². The van der Waals surface area contributed by atoms with Crippen LogP contribution < -0.4 is 5.32 Å². The third-order valence-electron chi connectivity index (χ3n) is 2.60. The molecule has 110 valence electrons. The Bertz CT molecular complexity index is 481. The number of thioether (sulfide) groups is 2. The van der Waals surface area contributed by atoms with Gasteiger partial charge in [-0.05, 0) is 23.5 Å². The van der Waals surface area contributed by atoms with E-state index < -0.39 is 11.6 Å². The Kier molecular flexibility index (Phi) is 7.09. The summed E-state index contributed by atoms with van der Waals surface area (Å²) in [7, 11) is 0. The van der Waals surface area contributed by atoms with Crippen LogP contribution >= 0.6 is 23.5 Å². The minimum atomic E-state index is -0.444. The first-order valence-electron chi connectivity index (χ1n) is 6.55. The Morgan fingerprint density at radius 3 is 2.40 bits per heavy atom. The Morgan fingerprint density at radius 2 is 1.85 bits per heavy atom. The van der Waals surface area contributed by atoms with Gasteiger partial charge in [-0.15, -0.1) is 23.5 Å². The first-order chi connectivity index (χ1) is 9.51. The number of ketones is 2. The number of carbonyl (C=O) groups excluding carboxylic acids is 3. The van der Waals surface area contributed by atoms with E-state index >= 15 is 0 Å². The summed E-state index contributed by atoms with van der Waals surface area (Å²) in [6, 6.07) is 0. The van der Waals surface area contributed by atoms with Crippen molar-refractivity contribution < 1.29 is 14.4 Å². The van der Waals surface area contributed by atoms with Gasteiger partial charge in [0.15, 0.2) is 0 Å². The zero-order chi connectivity index (χ0) is 15.1. The fourth-order valence-electron chi connectivity index (χ4n) is 1.81. The van der Waals surface area contributed by atoms with Crippen molar-refractivity contribution in [3.63, 3.8) is 0 Å². The fraction of sp³-hybridized carbons (Fsp3) is 0.500. The van der Waals surface area contributed by atoms with Crippen molar-refractivity contribution in [2.45, 2.75) is 27.2 Å². The second-order valence-corrected chi connectivity index (χ2v) is 6.69. The van der Waals surface area contributed by atoms with Gasteiger partial charge in [0.1, 0.15) is 0 Å². The predicted molar refractivity (Wildman–Crippen MR) is 84.7 cm³/mol. The zero-order valence-electron chi connectivity index (χ0n) is 11.9. The lowest BCUT2D eigenvalue weighted by Gasteiger charge is -2.19. The van der Waals surface area contributed by atoms with Gasteiger partial charge in [0, 0.05) is 24.4 Å². The van der Waals surface area contributed by atoms with Crippen molar-refractivity contribution in [3.05, 3.63) is 21.5 Å². The number of hydrogen-bond acceptors (Lipinski definition) is 5. The van der Waals surface area contributed by atoms with Gasteiger partial charge in [-0.25, -0.2) is 0 Å². The van der Waals surface area contributed by atoms with Crippen LogP contribution in [0.5, 0.6) is 0 Å². The minimum absolute atomic E-state index is 0.0952. The molecule has 0 aromatic heterocycles. The first kappa shape index (κ1) is 17.0. The molecule has 0 saturated carbocycles. The average molecular weight is 313 g/mol. The molecule has 0 saturated heterocycles. The van der Waals surface area contributed by atoms with E-state index in [1.165, 1.54) is 24.8 Å². The van der Waals surface area contributed by atoms with Crippen LogP contribution in [-0.2, 0) is 14.4 Å². The summed E-state index contributed by atoms with van der Waals surface area (Å²) in [4.78, 5) is 36.1. The van der Waals surface area contributed by atoms with Gasteiger partial charge in [-0.3, -0.25) is 14.4 Å². The predicted octanol–water partition coefficient (Wildman–Crippen LogP) is 2.31. The first-order valence-corrected chi connectivity index (χ1v) is 8.52. The van der Waals surface area contributed by atoms with Crippen LogP contribution in [0.1, 0.15) is 27.2 Å². The molecule has 0 radical (unpaired) electrons. The number of hydrogen-bond donors (Lipinski definition) is 1.